The summed E-state index contributed by atoms with van der Waals surface area (Å²) in [5, 5.41) is 15.3. The summed E-state index contributed by atoms with van der Waals surface area (Å²) < 4.78 is 5.13. The molecule has 2 rings (SSSR count). The molecule has 6 nitrogen and oxygen atoms in total. The molecule has 0 saturated heterocycles. The average Bonchev–Trinajstić information content (AvgIpc) is 2.77. The van der Waals surface area contributed by atoms with Gasteiger partial charge in [-0.1, -0.05) is 0 Å². The molecule has 112 valence electrons. The van der Waals surface area contributed by atoms with Crippen LogP contribution in [0.1, 0.15) is 28.5 Å². The number of methoxy groups -OCH3 is 1. The van der Waals surface area contributed by atoms with E-state index in [1.54, 1.807) is 23.5 Å². The fourth-order valence-electron chi connectivity index (χ4n) is 2.16. The highest BCUT2D eigenvalue weighted by Crippen LogP contribution is 2.33. The fourth-order valence-corrected chi connectivity index (χ4v) is 3.09. The lowest BCUT2D eigenvalue weighted by Crippen LogP contribution is -2.08. The summed E-state index contributed by atoms with van der Waals surface area (Å²) >= 11 is 1.59. The lowest BCUT2D eigenvalue weighted by atomic mass is 10.2. The molecule has 2 aromatic rings. The maximum atomic E-state index is 11.1. The molecule has 7 heteroatoms. The number of anilines is 1. The van der Waals surface area contributed by atoms with Gasteiger partial charge in [-0.3, -0.25) is 10.1 Å². The number of nitro groups is 1. The molecule has 1 aromatic heterocycles. The van der Waals surface area contributed by atoms with Gasteiger partial charge in [0.15, 0.2) is 0 Å². The van der Waals surface area contributed by atoms with Crippen LogP contribution < -0.4 is 10.1 Å². The molecule has 1 aromatic carbocycles. The molecule has 1 N–H and O–H groups in total. The first-order chi connectivity index (χ1) is 9.92. The van der Waals surface area contributed by atoms with Crippen molar-refractivity contribution in [2.75, 3.05) is 12.4 Å². The third-order valence-electron chi connectivity index (χ3n) is 3.11. The number of rotatable bonds is 5. The van der Waals surface area contributed by atoms with Crippen molar-refractivity contribution in [2.24, 2.45) is 0 Å². The molecule has 0 radical (unpaired) electrons. The molecule has 0 aliphatic heterocycles. The molecule has 0 saturated carbocycles. The molecule has 0 spiro atoms. The number of hydrogen-bond acceptors (Lipinski definition) is 6. The van der Waals surface area contributed by atoms with Gasteiger partial charge in [0, 0.05) is 17.0 Å². The van der Waals surface area contributed by atoms with Crippen molar-refractivity contribution in [1.29, 1.82) is 0 Å². The van der Waals surface area contributed by atoms with Gasteiger partial charge in [-0.2, -0.15) is 0 Å². The normalized spacial score (nSPS) is 12.0. The lowest BCUT2D eigenvalue weighted by Gasteiger charge is -2.15. The number of nitrogens with zero attached hydrogens (tertiary/aromatic N) is 2. The van der Waals surface area contributed by atoms with Crippen LogP contribution in [0, 0.1) is 24.0 Å². The molecular weight excluding hydrogens is 290 g/mol. The third kappa shape index (κ3) is 3.30. The second-order valence-electron chi connectivity index (χ2n) is 4.69. The Morgan fingerprint density at radius 2 is 2.14 bits per heavy atom. The maximum Gasteiger partial charge on any atom is 0.292 e. The highest BCUT2D eigenvalue weighted by molar-refractivity contribution is 7.11. The molecule has 0 aliphatic rings. The van der Waals surface area contributed by atoms with Crippen molar-refractivity contribution in [1.82, 2.24) is 4.98 Å². The Morgan fingerprint density at radius 1 is 1.43 bits per heavy atom. The Hall–Kier alpha value is -2.15. The number of aromatic nitrogens is 1. The minimum Gasteiger partial charge on any atom is -0.497 e. The van der Waals surface area contributed by atoms with E-state index in [2.05, 4.69) is 10.3 Å². The summed E-state index contributed by atoms with van der Waals surface area (Å²) in [4.78, 5) is 16.2. The third-order valence-corrected chi connectivity index (χ3v) is 4.36. The number of hydrogen-bond donors (Lipinski definition) is 1. The van der Waals surface area contributed by atoms with Crippen LogP contribution in [0.4, 0.5) is 11.4 Å². The first-order valence-electron chi connectivity index (χ1n) is 6.45. The van der Waals surface area contributed by atoms with E-state index in [0.29, 0.717) is 11.4 Å². The van der Waals surface area contributed by atoms with Gasteiger partial charge < -0.3 is 10.1 Å². The highest BCUT2D eigenvalue weighted by atomic mass is 32.1. The van der Waals surface area contributed by atoms with Gasteiger partial charge in [0.2, 0.25) is 0 Å². The summed E-state index contributed by atoms with van der Waals surface area (Å²) in [6.07, 6.45) is 0. The predicted molar refractivity (Wildman–Crippen MR) is 83.3 cm³/mol. The number of aryl methyl sites for hydroxylation is 2. The first-order valence-corrected chi connectivity index (χ1v) is 7.27. The van der Waals surface area contributed by atoms with E-state index in [0.717, 1.165) is 15.6 Å². The van der Waals surface area contributed by atoms with Gasteiger partial charge in [0.25, 0.3) is 5.69 Å². The number of nitro benzene ring substituents is 1. The molecule has 1 atom stereocenters. The molecule has 1 heterocycles. The van der Waals surface area contributed by atoms with E-state index < -0.39 is 4.92 Å². The second kappa shape index (κ2) is 6.09. The Kier molecular flexibility index (Phi) is 4.42. The van der Waals surface area contributed by atoms with Crippen molar-refractivity contribution < 1.29 is 9.66 Å². The van der Waals surface area contributed by atoms with Gasteiger partial charge >= 0.3 is 0 Å². The van der Waals surface area contributed by atoms with Gasteiger partial charge in [-0.15, -0.1) is 11.3 Å². The van der Waals surface area contributed by atoms with Crippen LogP contribution in [0.15, 0.2) is 18.2 Å². The predicted octanol–water partition coefficient (Wildman–Crippen LogP) is 3.85. The Labute approximate surface area is 126 Å². The number of thiazole rings is 1. The first kappa shape index (κ1) is 15.2. The van der Waals surface area contributed by atoms with Crippen molar-refractivity contribution in [3.63, 3.8) is 0 Å². The van der Waals surface area contributed by atoms with Crippen molar-refractivity contribution in [2.45, 2.75) is 26.8 Å². The maximum absolute atomic E-state index is 11.1. The molecule has 21 heavy (non-hydrogen) atoms. The quantitative estimate of drug-likeness (QED) is 0.670. The fraction of sp³-hybridized carbons (Fsp3) is 0.357. The average molecular weight is 307 g/mol. The van der Waals surface area contributed by atoms with Crippen LogP contribution in [0.5, 0.6) is 5.75 Å². The summed E-state index contributed by atoms with van der Waals surface area (Å²) in [6.45, 7) is 5.85. The van der Waals surface area contributed by atoms with Crippen LogP contribution in [-0.2, 0) is 0 Å². The monoisotopic (exact) mass is 307 g/mol. The van der Waals surface area contributed by atoms with E-state index in [4.69, 9.17) is 4.74 Å². The largest absolute Gasteiger partial charge is 0.497 e. The van der Waals surface area contributed by atoms with Gasteiger partial charge in [0.1, 0.15) is 11.4 Å². The van der Waals surface area contributed by atoms with Crippen LogP contribution in [0.2, 0.25) is 0 Å². The van der Waals surface area contributed by atoms with Crippen molar-refractivity contribution in [3.05, 3.63) is 43.9 Å². The van der Waals surface area contributed by atoms with Gasteiger partial charge in [-0.05, 0) is 26.8 Å². The standard InChI is InChI=1S/C14H17N3O3S/c1-8-14(21-10(3)15-8)9(2)16-12-7-11(20-4)5-6-13(12)17(18)19/h5-7,9,16H,1-4H3. The van der Waals surface area contributed by atoms with Gasteiger partial charge in [-0.25, -0.2) is 4.98 Å². The smallest absolute Gasteiger partial charge is 0.292 e. The van der Waals surface area contributed by atoms with Gasteiger partial charge in [0.05, 0.1) is 28.8 Å². The van der Waals surface area contributed by atoms with Crippen molar-refractivity contribution >= 4 is 22.7 Å². The molecule has 0 bridgehead atoms. The van der Waals surface area contributed by atoms with E-state index in [1.165, 1.54) is 13.2 Å². The molecule has 0 amide bonds. The summed E-state index contributed by atoms with van der Waals surface area (Å²) in [7, 11) is 1.53. The lowest BCUT2D eigenvalue weighted by molar-refractivity contribution is -0.384. The Balaban J connectivity index is 2.33. The second-order valence-corrected chi connectivity index (χ2v) is 5.92. The van der Waals surface area contributed by atoms with E-state index in [1.807, 2.05) is 20.8 Å². The van der Waals surface area contributed by atoms with E-state index in [9.17, 15) is 10.1 Å². The number of benzene rings is 1. The molecular formula is C14H17N3O3S. The SMILES string of the molecule is COc1ccc([N+](=O)[O-])c(NC(C)c2sc(C)nc2C)c1. The van der Waals surface area contributed by atoms with Crippen LogP contribution >= 0.6 is 11.3 Å². The van der Waals surface area contributed by atoms with Crippen molar-refractivity contribution in [3.8, 4) is 5.75 Å². The molecule has 1 unspecified atom stereocenters. The summed E-state index contributed by atoms with van der Waals surface area (Å²) in [5.41, 5.74) is 1.42. The number of ether oxygens (including phenoxy) is 1. The Bertz CT molecular complexity index is 669. The van der Waals surface area contributed by atoms with Crippen LogP contribution in [-0.4, -0.2) is 17.0 Å². The zero-order valence-corrected chi connectivity index (χ0v) is 13.2. The molecule has 0 aliphatic carbocycles. The minimum absolute atomic E-state index is 0.0292. The summed E-state index contributed by atoms with van der Waals surface area (Å²) in [5.74, 6) is 0.576. The van der Waals surface area contributed by atoms with E-state index >= 15 is 0 Å². The summed E-state index contributed by atoms with van der Waals surface area (Å²) in [6, 6.07) is 4.59. The van der Waals surface area contributed by atoms with Crippen LogP contribution in [0.25, 0.3) is 0 Å². The number of nitrogens with one attached hydrogen (secondary N) is 1. The Morgan fingerprint density at radius 3 is 2.67 bits per heavy atom. The van der Waals surface area contributed by atoms with E-state index in [-0.39, 0.29) is 11.7 Å². The van der Waals surface area contributed by atoms with Crippen LogP contribution in [0.3, 0.4) is 0 Å². The zero-order chi connectivity index (χ0) is 15.6. The topological polar surface area (TPSA) is 77.3 Å². The zero-order valence-electron chi connectivity index (χ0n) is 12.3. The minimum atomic E-state index is -0.403. The highest BCUT2D eigenvalue weighted by Gasteiger charge is 2.19. The molecule has 0 fully saturated rings.